The third-order valence-corrected chi connectivity index (χ3v) is 4.91. The van der Waals surface area contributed by atoms with Gasteiger partial charge in [0.2, 0.25) is 11.8 Å². The van der Waals surface area contributed by atoms with Gasteiger partial charge in [-0.15, -0.1) is 0 Å². The molecule has 0 aromatic heterocycles. The Balaban J connectivity index is 1.70. The van der Waals surface area contributed by atoms with E-state index in [1.165, 1.54) is 0 Å². The topological polar surface area (TPSA) is 75.7 Å². The van der Waals surface area contributed by atoms with Crippen molar-refractivity contribution >= 4 is 39.4 Å². The van der Waals surface area contributed by atoms with E-state index in [1.54, 1.807) is 18.2 Å². The van der Waals surface area contributed by atoms with Crippen LogP contribution in [0.4, 0.5) is 5.69 Å². The van der Waals surface area contributed by atoms with Gasteiger partial charge in [0.15, 0.2) is 0 Å². The van der Waals surface area contributed by atoms with Crippen LogP contribution in [0.3, 0.4) is 0 Å². The monoisotopic (exact) mass is 408 g/mol. The lowest BCUT2D eigenvalue weighted by atomic mass is 10.1. The van der Waals surface area contributed by atoms with Crippen LogP contribution in [-0.2, 0) is 14.3 Å². The standard InChI is InChI=1S/C18H21BrN2O4/c1-2-7-25-18(24)14-9-12(19)3-6-15(14)20-17(23)11-8-16(22)21(10-11)13-4-5-13/h3,6,9,11,13H,2,4-5,7-8,10H2,1H3,(H,20,23). The van der Waals surface area contributed by atoms with Gasteiger partial charge in [-0.2, -0.15) is 0 Å². The first-order valence-corrected chi connectivity index (χ1v) is 9.36. The van der Waals surface area contributed by atoms with E-state index in [0.717, 1.165) is 23.7 Å². The van der Waals surface area contributed by atoms with Crippen molar-refractivity contribution in [2.24, 2.45) is 5.92 Å². The minimum absolute atomic E-state index is 0.0426. The third kappa shape index (κ3) is 4.21. The molecule has 1 N–H and O–H groups in total. The van der Waals surface area contributed by atoms with Crippen LogP contribution in [0.25, 0.3) is 0 Å². The van der Waals surface area contributed by atoms with Crippen molar-refractivity contribution in [2.45, 2.75) is 38.6 Å². The first-order valence-electron chi connectivity index (χ1n) is 8.56. The lowest BCUT2D eigenvalue weighted by Crippen LogP contribution is -2.30. The Morgan fingerprint density at radius 1 is 1.36 bits per heavy atom. The second-order valence-corrected chi connectivity index (χ2v) is 7.41. The zero-order valence-corrected chi connectivity index (χ0v) is 15.7. The lowest BCUT2D eigenvalue weighted by Gasteiger charge is -2.16. The van der Waals surface area contributed by atoms with Crippen molar-refractivity contribution in [1.82, 2.24) is 4.90 Å². The van der Waals surface area contributed by atoms with E-state index >= 15 is 0 Å². The molecule has 134 valence electrons. The number of likely N-dealkylation sites (tertiary alicyclic amines) is 1. The zero-order chi connectivity index (χ0) is 18.0. The SMILES string of the molecule is CCCOC(=O)c1cc(Br)ccc1NC(=O)C1CC(=O)N(C2CC2)C1. The third-order valence-electron chi connectivity index (χ3n) is 4.41. The first-order chi connectivity index (χ1) is 12.0. The summed E-state index contributed by atoms with van der Waals surface area (Å²) in [4.78, 5) is 38.6. The molecule has 2 fully saturated rings. The van der Waals surface area contributed by atoms with E-state index in [1.807, 2.05) is 11.8 Å². The van der Waals surface area contributed by atoms with Gasteiger partial charge >= 0.3 is 5.97 Å². The van der Waals surface area contributed by atoms with Gasteiger partial charge in [0.1, 0.15) is 0 Å². The highest BCUT2D eigenvalue weighted by atomic mass is 79.9. The van der Waals surface area contributed by atoms with Crippen LogP contribution < -0.4 is 5.32 Å². The number of anilines is 1. The Bertz CT molecular complexity index is 702. The molecular weight excluding hydrogens is 388 g/mol. The molecule has 1 aliphatic heterocycles. The summed E-state index contributed by atoms with van der Waals surface area (Å²) in [6.45, 7) is 2.70. The summed E-state index contributed by atoms with van der Waals surface area (Å²) in [5, 5.41) is 2.80. The molecule has 6 nitrogen and oxygen atoms in total. The summed E-state index contributed by atoms with van der Waals surface area (Å²) in [5.74, 6) is -1.04. The van der Waals surface area contributed by atoms with Crippen LogP contribution in [0.2, 0.25) is 0 Å². The van der Waals surface area contributed by atoms with Crippen LogP contribution in [0.1, 0.15) is 43.0 Å². The quantitative estimate of drug-likeness (QED) is 0.734. The first kappa shape index (κ1) is 17.9. The van der Waals surface area contributed by atoms with Crippen molar-refractivity contribution in [2.75, 3.05) is 18.5 Å². The van der Waals surface area contributed by atoms with E-state index in [0.29, 0.717) is 30.4 Å². The molecule has 7 heteroatoms. The minimum Gasteiger partial charge on any atom is -0.462 e. The van der Waals surface area contributed by atoms with Crippen LogP contribution in [0.15, 0.2) is 22.7 Å². The summed E-state index contributed by atoms with van der Waals surface area (Å²) in [6, 6.07) is 5.37. The van der Waals surface area contributed by atoms with Crippen LogP contribution in [0.5, 0.6) is 0 Å². The number of carbonyl (C=O) groups excluding carboxylic acids is 3. The number of esters is 1. The Morgan fingerprint density at radius 3 is 2.80 bits per heavy atom. The normalized spacial score (nSPS) is 19.8. The number of nitrogens with one attached hydrogen (secondary N) is 1. The van der Waals surface area contributed by atoms with Gasteiger partial charge < -0.3 is 15.0 Å². The number of hydrogen-bond donors (Lipinski definition) is 1. The number of halogens is 1. The fourth-order valence-corrected chi connectivity index (χ4v) is 3.31. The molecule has 2 amide bonds. The van der Waals surface area contributed by atoms with E-state index in [4.69, 9.17) is 4.74 Å². The second kappa shape index (κ2) is 7.56. The average Bonchev–Trinajstić information content (AvgIpc) is 3.36. The van der Waals surface area contributed by atoms with Crippen LogP contribution >= 0.6 is 15.9 Å². The lowest BCUT2D eigenvalue weighted by molar-refractivity contribution is -0.128. The van der Waals surface area contributed by atoms with E-state index < -0.39 is 5.97 Å². The zero-order valence-electron chi connectivity index (χ0n) is 14.1. The summed E-state index contributed by atoms with van der Waals surface area (Å²) >= 11 is 3.33. The van der Waals surface area contributed by atoms with Crippen molar-refractivity contribution in [3.8, 4) is 0 Å². The minimum atomic E-state index is -0.472. The number of nitrogens with zero attached hydrogens (tertiary/aromatic N) is 1. The Morgan fingerprint density at radius 2 is 2.12 bits per heavy atom. The molecule has 0 spiro atoms. The van der Waals surface area contributed by atoms with Crippen molar-refractivity contribution in [3.63, 3.8) is 0 Å². The van der Waals surface area contributed by atoms with Crippen LogP contribution in [0, 0.1) is 5.92 Å². The second-order valence-electron chi connectivity index (χ2n) is 6.49. The number of rotatable bonds is 6. The molecule has 1 saturated carbocycles. The summed E-state index contributed by atoms with van der Waals surface area (Å²) < 4.78 is 5.91. The smallest absolute Gasteiger partial charge is 0.340 e. The molecule has 1 unspecified atom stereocenters. The molecule has 1 aliphatic carbocycles. The highest BCUT2D eigenvalue weighted by Crippen LogP contribution is 2.33. The molecule has 0 bridgehead atoms. The maximum atomic E-state index is 12.6. The van der Waals surface area contributed by atoms with Gasteiger partial charge in [-0.25, -0.2) is 4.79 Å². The molecule has 1 aromatic rings. The fraction of sp³-hybridized carbons (Fsp3) is 0.500. The van der Waals surface area contributed by atoms with Gasteiger partial charge in [-0.1, -0.05) is 22.9 Å². The molecule has 25 heavy (non-hydrogen) atoms. The van der Waals surface area contributed by atoms with Crippen molar-refractivity contribution in [1.29, 1.82) is 0 Å². The predicted molar refractivity (Wildman–Crippen MR) is 96.2 cm³/mol. The fourth-order valence-electron chi connectivity index (χ4n) is 2.95. The maximum absolute atomic E-state index is 12.6. The molecule has 3 rings (SSSR count). The van der Waals surface area contributed by atoms with Crippen LogP contribution in [-0.4, -0.2) is 41.9 Å². The van der Waals surface area contributed by atoms with E-state index in [-0.39, 0.29) is 24.2 Å². The number of hydrogen-bond acceptors (Lipinski definition) is 4. The summed E-state index contributed by atoms with van der Waals surface area (Å²) in [7, 11) is 0. The van der Waals surface area contributed by atoms with Gasteiger partial charge in [0.25, 0.3) is 0 Å². The van der Waals surface area contributed by atoms with Gasteiger partial charge in [-0.05, 0) is 37.5 Å². The summed E-state index contributed by atoms with van der Waals surface area (Å²) in [5.41, 5.74) is 0.714. The summed E-state index contributed by atoms with van der Waals surface area (Å²) in [6.07, 6.45) is 3.01. The average molecular weight is 409 g/mol. The highest BCUT2D eigenvalue weighted by Gasteiger charge is 2.41. The molecular formula is C18H21BrN2O4. The van der Waals surface area contributed by atoms with Crippen molar-refractivity contribution < 1.29 is 19.1 Å². The van der Waals surface area contributed by atoms with E-state index in [9.17, 15) is 14.4 Å². The Kier molecular flexibility index (Phi) is 5.42. The molecule has 2 aliphatic rings. The number of ether oxygens (including phenoxy) is 1. The maximum Gasteiger partial charge on any atom is 0.340 e. The molecule has 1 aromatic carbocycles. The number of benzene rings is 1. The number of carbonyl (C=O) groups is 3. The Hall–Kier alpha value is -1.89. The molecule has 1 saturated heterocycles. The predicted octanol–water partition coefficient (Wildman–Crippen LogP) is 2.97. The van der Waals surface area contributed by atoms with Crippen molar-refractivity contribution in [3.05, 3.63) is 28.2 Å². The molecule has 1 heterocycles. The van der Waals surface area contributed by atoms with Gasteiger partial charge in [-0.3, -0.25) is 9.59 Å². The van der Waals surface area contributed by atoms with Gasteiger partial charge in [0.05, 0.1) is 23.8 Å². The highest BCUT2D eigenvalue weighted by molar-refractivity contribution is 9.10. The number of amides is 2. The molecule has 0 radical (unpaired) electrons. The largest absolute Gasteiger partial charge is 0.462 e. The Labute approximate surface area is 155 Å². The van der Waals surface area contributed by atoms with Gasteiger partial charge in [0, 0.05) is 23.5 Å². The molecule has 1 atom stereocenters. The van der Waals surface area contributed by atoms with E-state index in [2.05, 4.69) is 21.2 Å².